The van der Waals surface area contributed by atoms with Gasteiger partial charge in [0.1, 0.15) is 12.4 Å². The second-order valence-electron chi connectivity index (χ2n) is 6.96. The fourth-order valence-corrected chi connectivity index (χ4v) is 4.97. The van der Waals surface area contributed by atoms with Crippen molar-refractivity contribution >= 4 is 33.2 Å². The minimum absolute atomic E-state index is 0.0156. The molecule has 9 nitrogen and oxygen atoms in total. The number of non-ortho nitro benzene ring substituents is 1. The lowest BCUT2D eigenvalue weighted by molar-refractivity contribution is -0.384. The van der Waals surface area contributed by atoms with E-state index in [9.17, 15) is 23.3 Å². The quantitative estimate of drug-likeness (QED) is 0.361. The molecule has 166 valence electrons. The zero-order chi connectivity index (χ0) is 22.4. The molecule has 1 N–H and O–H groups in total. The van der Waals surface area contributed by atoms with Crippen LogP contribution in [0.5, 0.6) is 5.75 Å². The number of nitrogens with zero attached hydrogens (tertiary/aromatic N) is 2. The van der Waals surface area contributed by atoms with E-state index in [2.05, 4.69) is 5.32 Å². The molecule has 1 heterocycles. The summed E-state index contributed by atoms with van der Waals surface area (Å²) < 4.78 is 32.3. The molecule has 3 rings (SSSR count). The number of carbonyl (C=O) groups excluding carboxylic acids is 1. The van der Waals surface area contributed by atoms with Gasteiger partial charge in [-0.05, 0) is 43.2 Å². The lowest BCUT2D eigenvalue weighted by Gasteiger charge is -2.25. The molecule has 0 radical (unpaired) electrons. The number of nitrogens with one attached hydrogen (secondary N) is 1. The minimum atomic E-state index is -3.49. The molecular formula is C20H22ClN3O6S. The van der Waals surface area contributed by atoms with Gasteiger partial charge in [-0.1, -0.05) is 18.0 Å². The average Bonchev–Trinajstić information content (AvgIpc) is 2.77. The molecule has 1 aliphatic heterocycles. The van der Waals surface area contributed by atoms with E-state index in [4.69, 9.17) is 16.3 Å². The Balaban J connectivity index is 1.50. The van der Waals surface area contributed by atoms with Gasteiger partial charge < -0.3 is 10.1 Å². The van der Waals surface area contributed by atoms with Gasteiger partial charge in [0.15, 0.2) is 0 Å². The number of ether oxygens (including phenoxy) is 1. The average molecular weight is 468 g/mol. The van der Waals surface area contributed by atoms with Gasteiger partial charge in [0.2, 0.25) is 10.0 Å². The molecule has 1 fully saturated rings. The lowest BCUT2D eigenvalue weighted by Crippen LogP contribution is -2.35. The van der Waals surface area contributed by atoms with E-state index in [1.54, 1.807) is 12.1 Å². The summed E-state index contributed by atoms with van der Waals surface area (Å²) in [4.78, 5) is 22.5. The van der Waals surface area contributed by atoms with Crippen molar-refractivity contribution < 1.29 is 22.9 Å². The van der Waals surface area contributed by atoms with E-state index < -0.39 is 20.9 Å². The van der Waals surface area contributed by atoms with Gasteiger partial charge in [-0.25, -0.2) is 8.42 Å². The number of sulfonamides is 1. The molecule has 1 amide bonds. The van der Waals surface area contributed by atoms with Crippen LogP contribution in [0.1, 0.15) is 29.6 Å². The summed E-state index contributed by atoms with van der Waals surface area (Å²) in [6, 6.07) is 9.78. The summed E-state index contributed by atoms with van der Waals surface area (Å²) in [5, 5.41) is 13.3. The number of rotatable bonds is 8. The molecule has 2 aromatic carbocycles. The van der Waals surface area contributed by atoms with E-state index in [0.29, 0.717) is 18.8 Å². The molecule has 2 aromatic rings. The summed E-state index contributed by atoms with van der Waals surface area (Å²) in [6.45, 7) is 1.40. The molecular weight excluding hydrogens is 446 g/mol. The van der Waals surface area contributed by atoms with Crippen molar-refractivity contribution in [2.24, 2.45) is 0 Å². The van der Waals surface area contributed by atoms with Crippen LogP contribution >= 0.6 is 11.6 Å². The highest BCUT2D eigenvalue weighted by Crippen LogP contribution is 2.23. The molecule has 0 aromatic heterocycles. The van der Waals surface area contributed by atoms with Gasteiger partial charge >= 0.3 is 0 Å². The van der Waals surface area contributed by atoms with Crippen LogP contribution in [0, 0.1) is 10.1 Å². The van der Waals surface area contributed by atoms with E-state index in [0.717, 1.165) is 25.3 Å². The molecule has 0 unspecified atom stereocenters. The van der Waals surface area contributed by atoms with E-state index in [-0.39, 0.29) is 34.3 Å². The van der Waals surface area contributed by atoms with Gasteiger partial charge in [-0.3, -0.25) is 14.9 Å². The third-order valence-corrected chi connectivity index (χ3v) is 7.07. The molecule has 0 atom stereocenters. The van der Waals surface area contributed by atoms with Crippen molar-refractivity contribution in [3.05, 3.63) is 63.2 Å². The number of benzene rings is 2. The maximum atomic E-state index is 12.6. The molecule has 0 bridgehead atoms. The number of carbonyl (C=O) groups is 1. The lowest BCUT2D eigenvalue weighted by atomic mass is 10.2. The Bertz CT molecular complexity index is 1050. The Morgan fingerprint density at radius 2 is 1.81 bits per heavy atom. The maximum absolute atomic E-state index is 12.6. The number of hydrogen-bond acceptors (Lipinski definition) is 6. The summed E-state index contributed by atoms with van der Waals surface area (Å²) in [5.41, 5.74) is -0.0739. The summed E-state index contributed by atoms with van der Waals surface area (Å²) in [7, 11) is -3.49. The number of piperidine rings is 1. The number of amides is 1. The van der Waals surface area contributed by atoms with Crippen LogP contribution in [-0.4, -0.2) is 49.8 Å². The van der Waals surface area contributed by atoms with Gasteiger partial charge in [0.25, 0.3) is 11.6 Å². The van der Waals surface area contributed by atoms with Crippen LogP contribution in [0.15, 0.2) is 47.4 Å². The molecule has 1 saturated heterocycles. The first-order valence-electron chi connectivity index (χ1n) is 9.74. The van der Waals surface area contributed by atoms with Crippen molar-refractivity contribution in [3.8, 4) is 5.75 Å². The van der Waals surface area contributed by atoms with Crippen LogP contribution in [0.25, 0.3) is 0 Å². The predicted molar refractivity (Wildman–Crippen MR) is 115 cm³/mol. The molecule has 1 aliphatic rings. The smallest absolute Gasteiger partial charge is 0.270 e. The first kappa shape index (κ1) is 23.0. The van der Waals surface area contributed by atoms with Gasteiger partial charge in [-0.15, -0.1) is 0 Å². The van der Waals surface area contributed by atoms with Crippen LogP contribution in [0.2, 0.25) is 5.02 Å². The van der Waals surface area contributed by atoms with Crippen molar-refractivity contribution in [3.63, 3.8) is 0 Å². The largest absolute Gasteiger partial charge is 0.492 e. The van der Waals surface area contributed by atoms with Crippen LogP contribution < -0.4 is 10.1 Å². The SMILES string of the molecule is O=C(NCCOc1ccc(S(=O)(=O)N2CCCCC2)cc1)c1ccc([N+](=O)[O-])cc1Cl. The van der Waals surface area contributed by atoms with E-state index in [1.807, 2.05) is 0 Å². The highest BCUT2D eigenvalue weighted by atomic mass is 35.5. The third kappa shape index (κ3) is 5.72. The number of hydrogen-bond donors (Lipinski definition) is 1. The fraction of sp³-hybridized carbons (Fsp3) is 0.350. The second kappa shape index (κ2) is 10.1. The topological polar surface area (TPSA) is 119 Å². The highest BCUT2D eigenvalue weighted by Gasteiger charge is 2.25. The second-order valence-corrected chi connectivity index (χ2v) is 9.31. The summed E-state index contributed by atoms with van der Waals surface area (Å²) >= 11 is 5.94. The zero-order valence-electron chi connectivity index (χ0n) is 16.6. The Hall–Kier alpha value is -2.69. The van der Waals surface area contributed by atoms with Gasteiger partial charge in [0, 0.05) is 25.2 Å². The van der Waals surface area contributed by atoms with Crippen molar-refractivity contribution in [1.29, 1.82) is 0 Å². The Morgan fingerprint density at radius 3 is 2.42 bits per heavy atom. The molecule has 11 heteroatoms. The first-order valence-corrected chi connectivity index (χ1v) is 11.6. The van der Waals surface area contributed by atoms with Crippen LogP contribution in [-0.2, 0) is 10.0 Å². The monoisotopic (exact) mass is 467 g/mol. The number of nitro benzene ring substituents is 1. The normalized spacial score (nSPS) is 14.7. The molecule has 0 spiro atoms. The Labute approximate surface area is 185 Å². The van der Waals surface area contributed by atoms with Crippen LogP contribution in [0.4, 0.5) is 5.69 Å². The number of nitro groups is 1. The van der Waals surface area contributed by atoms with Crippen molar-refractivity contribution in [2.75, 3.05) is 26.2 Å². The van der Waals surface area contributed by atoms with Crippen LogP contribution in [0.3, 0.4) is 0 Å². The predicted octanol–water partition coefficient (Wildman–Crippen LogP) is 3.23. The van der Waals surface area contributed by atoms with Gasteiger partial charge in [0.05, 0.1) is 26.9 Å². The molecule has 0 saturated carbocycles. The fourth-order valence-electron chi connectivity index (χ4n) is 3.19. The van der Waals surface area contributed by atoms with E-state index >= 15 is 0 Å². The van der Waals surface area contributed by atoms with Gasteiger partial charge in [-0.2, -0.15) is 4.31 Å². The highest BCUT2D eigenvalue weighted by molar-refractivity contribution is 7.89. The standard InChI is InChI=1S/C20H22ClN3O6S/c21-19-14-15(24(26)27)4-9-18(19)20(25)22-10-13-30-16-5-7-17(8-6-16)31(28,29)23-11-2-1-3-12-23/h4-9,14H,1-3,10-13H2,(H,22,25). The number of halogens is 1. The van der Waals surface area contributed by atoms with E-state index in [1.165, 1.54) is 28.6 Å². The summed E-state index contributed by atoms with van der Waals surface area (Å²) in [6.07, 6.45) is 2.79. The first-order chi connectivity index (χ1) is 14.8. The third-order valence-electron chi connectivity index (χ3n) is 4.84. The maximum Gasteiger partial charge on any atom is 0.270 e. The Morgan fingerprint density at radius 1 is 1.13 bits per heavy atom. The minimum Gasteiger partial charge on any atom is -0.492 e. The summed E-state index contributed by atoms with van der Waals surface area (Å²) in [5.74, 6) is -0.00770. The zero-order valence-corrected chi connectivity index (χ0v) is 18.2. The Kier molecular flexibility index (Phi) is 7.47. The molecule has 31 heavy (non-hydrogen) atoms. The van der Waals surface area contributed by atoms with Crippen molar-refractivity contribution in [2.45, 2.75) is 24.2 Å². The van der Waals surface area contributed by atoms with Crippen molar-refractivity contribution in [1.82, 2.24) is 9.62 Å². The molecule has 0 aliphatic carbocycles.